The molecule has 0 aromatic carbocycles. The van der Waals surface area contributed by atoms with Crippen LogP contribution in [0.1, 0.15) is 24.5 Å². The summed E-state index contributed by atoms with van der Waals surface area (Å²) in [5, 5.41) is 8.10. The summed E-state index contributed by atoms with van der Waals surface area (Å²) in [6, 6.07) is 6.02. The lowest BCUT2D eigenvalue weighted by Crippen LogP contribution is -2.28. The molecule has 1 aliphatic rings. The van der Waals surface area contributed by atoms with Crippen molar-refractivity contribution in [2.24, 2.45) is 7.05 Å². The van der Waals surface area contributed by atoms with Crippen LogP contribution in [0.5, 0.6) is 0 Å². The molecule has 0 bridgehead atoms. The second-order valence-electron chi connectivity index (χ2n) is 4.86. The molecule has 94 valence electrons. The van der Waals surface area contributed by atoms with Crippen molar-refractivity contribution in [1.29, 1.82) is 0 Å². The van der Waals surface area contributed by atoms with Crippen LogP contribution in [0.4, 0.5) is 0 Å². The first-order valence-corrected chi connectivity index (χ1v) is 6.50. The van der Waals surface area contributed by atoms with Gasteiger partial charge in [-0.15, -0.1) is 0 Å². The molecule has 1 unspecified atom stereocenters. The van der Waals surface area contributed by atoms with Crippen molar-refractivity contribution in [1.82, 2.24) is 20.1 Å². The third kappa shape index (κ3) is 2.16. The van der Waals surface area contributed by atoms with Crippen molar-refractivity contribution < 1.29 is 0 Å². The third-order valence-corrected chi connectivity index (χ3v) is 3.48. The minimum Gasteiger partial charge on any atom is -0.316 e. The van der Waals surface area contributed by atoms with Crippen molar-refractivity contribution in [2.75, 3.05) is 13.1 Å². The zero-order chi connectivity index (χ0) is 12.4. The maximum atomic E-state index is 4.65. The monoisotopic (exact) mass is 242 g/mol. The second-order valence-corrected chi connectivity index (χ2v) is 4.86. The fourth-order valence-corrected chi connectivity index (χ4v) is 2.61. The lowest BCUT2D eigenvalue weighted by Gasteiger charge is -2.22. The van der Waals surface area contributed by atoms with Gasteiger partial charge < -0.3 is 5.32 Å². The standard InChI is InChI=1S/C14H18N4/c1-18-10-12(13-6-2-3-8-16-13)14(17-18)11-5-4-7-15-9-11/h2-3,6,8,10-11,15H,4-5,7,9H2,1H3. The van der Waals surface area contributed by atoms with E-state index in [0.717, 1.165) is 18.8 Å². The third-order valence-electron chi connectivity index (χ3n) is 3.48. The van der Waals surface area contributed by atoms with Gasteiger partial charge in [0.15, 0.2) is 0 Å². The molecule has 1 aliphatic heterocycles. The number of aryl methyl sites for hydroxylation is 1. The summed E-state index contributed by atoms with van der Waals surface area (Å²) >= 11 is 0. The molecule has 3 heterocycles. The number of pyridine rings is 1. The highest BCUT2D eigenvalue weighted by Gasteiger charge is 2.22. The first kappa shape index (κ1) is 11.4. The molecule has 1 N–H and O–H groups in total. The average Bonchev–Trinajstić information content (AvgIpc) is 2.83. The summed E-state index contributed by atoms with van der Waals surface area (Å²) in [4.78, 5) is 4.44. The van der Waals surface area contributed by atoms with Crippen molar-refractivity contribution in [3.05, 3.63) is 36.3 Å². The molecular formula is C14H18N4. The predicted octanol–water partition coefficient (Wildman–Crippen LogP) is 1.95. The quantitative estimate of drug-likeness (QED) is 0.875. The van der Waals surface area contributed by atoms with Gasteiger partial charge in [0.05, 0.1) is 11.4 Å². The van der Waals surface area contributed by atoms with Crippen LogP contribution < -0.4 is 5.32 Å². The molecule has 2 aromatic rings. The molecule has 4 heteroatoms. The van der Waals surface area contributed by atoms with E-state index in [0.29, 0.717) is 5.92 Å². The Labute approximate surface area is 107 Å². The Morgan fingerprint density at radius 2 is 2.33 bits per heavy atom. The van der Waals surface area contributed by atoms with E-state index in [-0.39, 0.29) is 0 Å². The smallest absolute Gasteiger partial charge is 0.0762 e. The lowest BCUT2D eigenvalue weighted by atomic mass is 9.93. The Hall–Kier alpha value is -1.68. The number of rotatable bonds is 2. The molecule has 0 saturated carbocycles. The summed E-state index contributed by atoms with van der Waals surface area (Å²) in [5.74, 6) is 0.511. The lowest BCUT2D eigenvalue weighted by molar-refractivity contribution is 0.452. The fraction of sp³-hybridized carbons (Fsp3) is 0.429. The fourth-order valence-electron chi connectivity index (χ4n) is 2.61. The Morgan fingerprint density at radius 1 is 1.39 bits per heavy atom. The molecule has 0 spiro atoms. The number of aromatic nitrogens is 3. The van der Waals surface area contributed by atoms with Gasteiger partial charge in [-0.25, -0.2) is 0 Å². The van der Waals surface area contributed by atoms with E-state index in [2.05, 4.69) is 27.7 Å². The number of hydrogen-bond donors (Lipinski definition) is 1. The summed E-state index contributed by atoms with van der Waals surface area (Å²) in [6.45, 7) is 2.15. The van der Waals surface area contributed by atoms with Crippen LogP contribution >= 0.6 is 0 Å². The summed E-state index contributed by atoms with van der Waals surface area (Å²) in [7, 11) is 1.98. The molecule has 0 radical (unpaired) electrons. The Kier molecular flexibility index (Phi) is 3.11. The first-order chi connectivity index (χ1) is 8.84. The molecule has 18 heavy (non-hydrogen) atoms. The van der Waals surface area contributed by atoms with E-state index in [4.69, 9.17) is 0 Å². The van der Waals surface area contributed by atoms with E-state index in [1.54, 1.807) is 0 Å². The van der Waals surface area contributed by atoms with Gasteiger partial charge in [-0.1, -0.05) is 6.07 Å². The number of hydrogen-bond acceptors (Lipinski definition) is 3. The van der Waals surface area contributed by atoms with Gasteiger partial charge in [-0.2, -0.15) is 5.10 Å². The van der Waals surface area contributed by atoms with Crippen LogP contribution in [0.25, 0.3) is 11.3 Å². The van der Waals surface area contributed by atoms with E-state index in [1.165, 1.54) is 24.1 Å². The SMILES string of the molecule is Cn1cc(-c2ccccn2)c(C2CCCNC2)n1. The van der Waals surface area contributed by atoms with Gasteiger partial charge in [0.2, 0.25) is 0 Å². The molecule has 3 rings (SSSR count). The molecule has 1 saturated heterocycles. The average molecular weight is 242 g/mol. The molecular weight excluding hydrogens is 224 g/mol. The minimum atomic E-state index is 0.511. The first-order valence-electron chi connectivity index (χ1n) is 6.50. The molecule has 2 aromatic heterocycles. The van der Waals surface area contributed by atoms with Crippen molar-refractivity contribution in [2.45, 2.75) is 18.8 Å². The Bertz CT molecular complexity index is 512. The van der Waals surface area contributed by atoms with Crippen LogP contribution in [-0.2, 0) is 7.05 Å². The van der Waals surface area contributed by atoms with E-state index in [1.807, 2.05) is 30.1 Å². The van der Waals surface area contributed by atoms with E-state index < -0.39 is 0 Å². The normalized spacial score (nSPS) is 19.9. The maximum Gasteiger partial charge on any atom is 0.0762 e. The topological polar surface area (TPSA) is 42.7 Å². The van der Waals surface area contributed by atoms with Crippen molar-refractivity contribution in [3.8, 4) is 11.3 Å². The highest BCUT2D eigenvalue weighted by molar-refractivity contribution is 5.61. The van der Waals surface area contributed by atoms with Crippen molar-refractivity contribution in [3.63, 3.8) is 0 Å². The maximum absolute atomic E-state index is 4.65. The summed E-state index contributed by atoms with van der Waals surface area (Å²) < 4.78 is 1.90. The van der Waals surface area contributed by atoms with Gasteiger partial charge in [0.1, 0.15) is 0 Å². The zero-order valence-electron chi connectivity index (χ0n) is 10.6. The van der Waals surface area contributed by atoms with Crippen LogP contribution in [-0.4, -0.2) is 27.9 Å². The summed E-state index contributed by atoms with van der Waals surface area (Å²) in [5.41, 5.74) is 3.38. The van der Waals surface area contributed by atoms with Crippen LogP contribution in [0, 0.1) is 0 Å². The van der Waals surface area contributed by atoms with E-state index in [9.17, 15) is 0 Å². The number of nitrogens with zero attached hydrogens (tertiary/aromatic N) is 3. The predicted molar refractivity (Wildman–Crippen MR) is 71.3 cm³/mol. The molecule has 0 amide bonds. The van der Waals surface area contributed by atoms with Crippen LogP contribution in [0.15, 0.2) is 30.6 Å². The Morgan fingerprint density at radius 3 is 3.06 bits per heavy atom. The Balaban J connectivity index is 1.99. The van der Waals surface area contributed by atoms with Crippen molar-refractivity contribution >= 4 is 0 Å². The van der Waals surface area contributed by atoms with Gasteiger partial charge in [-0.05, 0) is 31.5 Å². The van der Waals surface area contributed by atoms with Crippen LogP contribution in [0.2, 0.25) is 0 Å². The highest BCUT2D eigenvalue weighted by Crippen LogP contribution is 2.30. The second kappa shape index (κ2) is 4.90. The minimum absolute atomic E-state index is 0.511. The molecule has 1 fully saturated rings. The van der Waals surface area contributed by atoms with Gasteiger partial charge in [-0.3, -0.25) is 9.67 Å². The molecule has 0 aliphatic carbocycles. The molecule has 1 atom stereocenters. The van der Waals surface area contributed by atoms with Gasteiger partial charge >= 0.3 is 0 Å². The largest absolute Gasteiger partial charge is 0.316 e. The zero-order valence-corrected chi connectivity index (χ0v) is 10.6. The number of piperidine rings is 1. The molecule has 4 nitrogen and oxygen atoms in total. The van der Waals surface area contributed by atoms with E-state index >= 15 is 0 Å². The summed E-state index contributed by atoms with van der Waals surface area (Å²) in [6.07, 6.45) is 6.35. The highest BCUT2D eigenvalue weighted by atomic mass is 15.3. The number of nitrogens with one attached hydrogen (secondary N) is 1. The van der Waals surface area contributed by atoms with Gasteiger partial charge in [0.25, 0.3) is 0 Å². The van der Waals surface area contributed by atoms with Crippen LogP contribution in [0.3, 0.4) is 0 Å². The van der Waals surface area contributed by atoms with Gasteiger partial charge in [0, 0.05) is 37.5 Å².